The molecule has 260 valence electrons. The number of hydrogen-bond donors (Lipinski definition) is 0. The van der Waals surface area contributed by atoms with Crippen LogP contribution < -0.4 is 0 Å². The summed E-state index contributed by atoms with van der Waals surface area (Å²) in [7, 11) is -2.34. The van der Waals surface area contributed by atoms with Crippen molar-refractivity contribution >= 4 is 50.9 Å². The minimum absolute atomic E-state index is 0.735. The molecule has 0 aliphatic heterocycles. The summed E-state index contributed by atoms with van der Waals surface area (Å²) in [6.45, 7) is 21.4. The molecule has 0 N–H and O–H groups in total. The van der Waals surface area contributed by atoms with Crippen LogP contribution in [0.5, 0.6) is 0 Å². The maximum Gasteiger partial charge on any atom is 0.499 e. The third-order valence-electron chi connectivity index (χ3n) is 7.75. The van der Waals surface area contributed by atoms with Gasteiger partial charge in [-0.3, -0.25) is 0 Å². The van der Waals surface area contributed by atoms with E-state index in [2.05, 4.69) is 52.4 Å². The van der Waals surface area contributed by atoms with Crippen molar-refractivity contribution < 1.29 is 44.3 Å². The molecule has 43 heavy (non-hydrogen) atoms. The minimum Gasteiger partial charge on any atom is -0.456 e. The van der Waals surface area contributed by atoms with Crippen molar-refractivity contribution in [3.63, 3.8) is 0 Å². The smallest absolute Gasteiger partial charge is 0.456 e. The molecule has 0 amide bonds. The topological polar surface area (TPSA) is 92.3 Å². The summed E-state index contributed by atoms with van der Waals surface area (Å²) >= 11 is 0. The summed E-state index contributed by atoms with van der Waals surface area (Å²) in [5, 5.41) is 0. The molecular weight excluding hydrogens is 653 g/mol. The van der Waals surface area contributed by atoms with Crippen LogP contribution in [-0.2, 0) is 44.3 Å². The Morgan fingerprint density at radius 1 is 0.326 bits per heavy atom. The summed E-state index contributed by atoms with van der Waals surface area (Å²) in [5.41, 5.74) is 0. The summed E-state index contributed by atoms with van der Waals surface area (Å²) in [5.74, 6) is 0. The van der Waals surface area contributed by atoms with Crippen LogP contribution in [0.2, 0.25) is 88.6 Å². The quantitative estimate of drug-likeness (QED) is 0.0635. The first kappa shape index (κ1) is 43.9. The van der Waals surface area contributed by atoms with Crippen LogP contribution in [0.3, 0.4) is 0 Å². The Kier molecular flexibility index (Phi) is 21.4. The van der Waals surface area contributed by atoms with Crippen molar-refractivity contribution in [2.75, 3.05) is 69.1 Å². The summed E-state index contributed by atoms with van der Waals surface area (Å²) in [4.78, 5) is 0. The van der Waals surface area contributed by atoms with Gasteiger partial charge in [-0.15, -0.1) is 0 Å². The van der Waals surface area contributed by atoms with E-state index in [1.807, 2.05) is 0 Å². The predicted molar refractivity (Wildman–Crippen MR) is 190 cm³/mol. The Hall–Kier alpha value is 0.901. The highest BCUT2D eigenvalue weighted by Crippen LogP contribution is 2.29. The van der Waals surface area contributed by atoms with E-state index in [4.69, 9.17) is 44.3 Å². The van der Waals surface area contributed by atoms with Crippen molar-refractivity contribution in [3.8, 4) is 0 Å². The van der Waals surface area contributed by atoms with E-state index in [-0.39, 0.29) is 0 Å². The molecule has 0 aliphatic rings. The first-order chi connectivity index (χ1) is 19.9. The lowest BCUT2D eigenvalue weighted by Gasteiger charge is -2.35. The molecule has 0 aromatic heterocycles. The van der Waals surface area contributed by atoms with Crippen LogP contribution in [0.4, 0.5) is 0 Å². The van der Waals surface area contributed by atoms with E-state index >= 15 is 0 Å². The van der Waals surface area contributed by atoms with Crippen LogP contribution in [0.1, 0.15) is 19.3 Å². The number of rotatable bonds is 28. The van der Waals surface area contributed by atoms with E-state index in [9.17, 15) is 0 Å². The first-order valence-electron chi connectivity index (χ1n) is 15.8. The largest absolute Gasteiger partial charge is 0.499 e. The molecule has 0 heterocycles. The average Bonchev–Trinajstić information content (AvgIpc) is 2.92. The van der Waals surface area contributed by atoms with Crippen molar-refractivity contribution in [2.45, 2.75) is 108 Å². The van der Waals surface area contributed by atoms with Gasteiger partial charge in [0.15, 0.2) is 33.3 Å². The summed E-state index contributed by atoms with van der Waals surface area (Å²) in [6.07, 6.45) is 2.98. The molecule has 0 unspecified atom stereocenters. The van der Waals surface area contributed by atoms with Gasteiger partial charge < -0.3 is 44.3 Å². The molecule has 0 atom stereocenters. The van der Waals surface area contributed by atoms with Crippen molar-refractivity contribution in [1.82, 2.24) is 0 Å². The van der Waals surface area contributed by atoms with Gasteiger partial charge in [-0.25, -0.2) is 0 Å². The van der Waals surface area contributed by atoms with Crippen molar-refractivity contribution in [1.29, 1.82) is 0 Å². The Balaban J connectivity index is 4.12. The first-order valence-corrected chi connectivity index (χ1v) is 32.1. The lowest BCUT2D eigenvalue weighted by atomic mass is 10.4. The Bertz CT molecular complexity index is 648. The highest BCUT2D eigenvalue weighted by molar-refractivity contribution is 6.86. The van der Waals surface area contributed by atoms with Gasteiger partial charge in [-0.05, 0) is 95.8 Å². The van der Waals surface area contributed by atoms with E-state index in [0.717, 1.165) is 82.0 Å². The van der Waals surface area contributed by atoms with Gasteiger partial charge in [-0.2, -0.15) is 0 Å². The average molecular weight is 721 g/mol. The molecule has 0 spiro atoms. The zero-order valence-electron chi connectivity index (χ0n) is 30.3. The molecule has 16 heteroatoms. The molecule has 0 fully saturated rings. The van der Waals surface area contributed by atoms with Crippen molar-refractivity contribution in [3.05, 3.63) is 0 Å². The molecule has 0 bridgehead atoms. The normalized spacial score (nSPS) is 14.1. The summed E-state index contributed by atoms with van der Waals surface area (Å²) in [6, 6.07) is 5.71. The lowest BCUT2D eigenvalue weighted by Crippen LogP contribution is -2.48. The molecule has 10 nitrogen and oxygen atoms in total. The van der Waals surface area contributed by atoms with Crippen LogP contribution in [0.15, 0.2) is 0 Å². The van der Waals surface area contributed by atoms with E-state index < -0.39 is 50.9 Å². The van der Waals surface area contributed by atoms with Crippen LogP contribution in [-0.4, -0.2) is 120 Å². The third kappa shape index (κ3) is 19.4. The van der Waals surface area contributed by atoms with Crippen molar-refractivity contribution in [2.24, 2.45) is 0 Å². The van der Waals surface area contributed by atoms with Crippen LogP contribution in [0.25, 0.3) is 0 Å². The number of hydrogen-bond acceptors (Lipinski definition) is 10. The summed E-state index contributed by atoms with van der Waals surface area (Å²) < 4.78 is 58.9. The second-order valence-corrected chi connectivity index (χ2v) is 37.5. The Labute approximate surface area is 271 Å². The molecule has 0 aliphatic carbocycles. The van der Waals surface area contributed by atoms with Gasteiger partial charge in [0.25, 0.3) is 0 Å². The fourth-order valence-electron chi connectivity index (χ4n) is 5.39. The Morgan fingerprint density at radius 3 is 0.860 bits per heavy atom. The highest BCUT2D eigenvalue weighted by Gasteiger charge is 2.43. The van der Waals surface area contributed by atoms with E-state index in [0.29, 0.717) is 0 Å². The van der Waals surface area contributed by atoms with E-state index in [1.165, 1.54) is 0 Å². The minimum atomic E-state index is -2.56. The molecule has 0 saturated carbocycles. The second-order valence-electron chi connectivity index (χ2n) is 13.6. The monoisotopic (exact) mass is 720 g/mol. The highest BCUT2D eigenvalue weighted by atomic mass is 28.4. The lowest BCUT2D eigenvalue weighted by molar-refractivity contribution is 0.0827. The molecule has 0 saturated heterocycles. The zero-order valence-corrected chi connectivity index (χ0v) is 36.3. The van der Waals surface area contributed by atoms with Crippen LogP contribution in [0, 0.1) is 0 Å². The van der Waals surface area contributed by atoms with Gasteiger partial charge in [0, 0.05) is 81.2 Å². The van der Waals surface area contributed by atoms with Gasteiger partial charge in [0.05, 0.1) is 0 Å². The molecule has 0 aromatic rings. The Morgan fingerprint density at radius 2 is 0.581 bits per heavy atom. The van der Waals surface area contributed by atoms with E-state index in [1.54, 1.807) is 42.7 Å². The zero-order chi connectivity index (χ0) is 33.3. The third-order valence-corrected chi connectivity index (χ3v) is 29.1. The maximum atomic E-state index is 6.77. The predicted octanol–water partition coefficient (Wildman–Crippen LogP) is 6.80. The van der Waals surface area contributed by atoms with Gasteiger partial charge in [0.2, 0.25) is 0 Å². The SMILES string of the molecule is CO[Si](CC[Si](C)(C)O[Si](C)(C)CCCOCCCOCCC[Si](C)(C)O[Si](C)(C)CC[Si](OC)(OC)OC)(OC)OC. The fourth-order valence-corrected chi connectivity index (χ4v) is 30.5. The standard InChI is InChI=1S/C27H68O10Si6/c1-28-42(29-2,30-3)26-24-40(11,12)36-38(7,8)22-16-20-34-18-15-19-35-21-17-23-39(9,10)37-41(13,14)25-27-43(31-4,32-5)33-6/h15-27H2,1-14H3. The fraction of sp³-hybridized carbons (Fsp3) is 1.00. The van der Waals surface area contributed by atoms with Gasteiger partial charge in [-0.1, -0.05) is 0 Å². The molecule has 0 rings (SSSR count). The maximum absolute atomic E-state index is 6.77. The molecule has 0 radical (unpaired) electrons. The van der Waals surface area contributed by atoms with Gasteiger partial charge >= 0.3 is 17.6 Å². The molecular formula is C27H68O10Si6. The number of ether oxygens (including phenoxy) is 2. The molecule has 0 aromatic carbocycles. The van der Waals surface area contributed by atoms with Crippen LogP contribution >= 0.6 is 0 Å². The second kappa shape index (κ2) is 21.0. The van der Waals surface area contributed by atoms with Gasteiger partial charge in [0.1, 0.15) is 0 Å².